The van der Waals surface area contributed by atoms with Crippen LogP contribution in [0.2, 0.25) is 0 Å². The standard InChI is InChI=1S/C7H10N2O3/c1-3-4-8-7(12)9-5(2)6(10)11/h1,5H,4H2,2H3,(H,10,11)(H2,8,9,12)/t5-/m0/s1. The van der Waals surface area contributed by atoms with Crippen LogP contribution in [0.5, 0.6) is 0 Å². The molecule has 0 aromatic heterocycles. The van der Waals surface area contributed by atoms with Gasteiger partial charge in [0.1, 0.15) is 6.04 Å². The second kappa shape index (κ2) is 5.02. The first-order chi connectivity index (χ1) is 5.57. The van der Waals surface area contributed by atoms with Crippen LogP contribution in [0.4, 0.5) is 4.79 Å². The van der Waals surface area contributed by atoms with E-state index in [2.05, 4.69) is 16.6 Å². The van der Waals surface area contributed by atoms with Gasteiger partial charge in [0, 0.05) is 0 Å². The van der Waals surface area contributed by atoms with E-state index >= 15 is 0 Å². The molecule has 12 heavy (non-hydrogen) atoms. The molecule has 0 aliphatic heterocycles. The van der Waals surface area contributed by atoms with Gasteiger partial charge in [-0.3, -0.25) is 4.79 Å². The number of aliphatic carboxylic acids is 1. The van der Waals surface area contributed by atoms with Crippen LogP contribution in [0, 0.1) is 12.3 Å². The number of amides is 2. The molecular formula is C7H10N2O3. The summed E-state index contributed by atoms with van der Waals surface area (Å²) < 4.78 is 0. The monoisotopic (exact) mass is 170 g/mol. The maximum absolute atomic E-state index is 10.7. The predicted octanol–water partition coefficient (Wildman–Crippen LogP) is -0.608. The number of carbonyl (C=O) groups is 2. The van der Waals surface area contributed by atoms with Gasteiger partial charge in [-0.05, 0) is 6.92 Å². The zero-order chi connectivity index (χ0) is 9.56. The second-order valence-electron chi connectivity index (χ2n) is 2.09. The number of hydrogen-bond donors (Lipinski definition) is 3. The number of hydrogen-bond acceptors (Lipinski definition) is 2. The fourth-order valence-electron chi connectivity index (χ4n) is 0.441. The molecule has 0 heterocycles. The van der Waals surface area contributed by atoms with Gasteiger partial charge in [-0.25, -0.2) is 4.79 Å². The van der Waals surface area contributed by atoms with Crippen LogP contribution < -0.4 is 10.6 Å². The molecule has 0 aliphatic rings. The third-order valence-electron chi connectivity index (χ3n) is 1.07. The van der Waals surface area contributed by atoms with E-state index in [0.29, 0.717) is 0 Å². The highest BCUT2D eigenvalue weighted by atomic mass is 16.4. The largest absolute Gasteiger partial charge is 0.480 e. The highest BCUT2D eigenvalue weighted by Crippen LogP contribution is 1.79. The summed E-state index contributed by atoms with van der Waals surface area (Å²) in [4.78, 5) is 21.0. The fraction of sp³-hybridized carbons (Fsp3) is 0.429. The van der Waals surface area contributed by atoms with Gasteiger partial charge in [0.2, 0.25) is 0 Å². The Hall–Kier alpha value is -1.70. The van der Waals surface area contributed by atoms with Crippen LogP contribution in [0.15, 0.2) is 0 Å². The van der Waals surface area contributed by atoms with Crippen molar-refractivity contribution in [2.45, 2.75) is 13.0 Å². The second-order valence-corrected chi connectivity index (χ2v) is 2.09. The maximum Gasteiger partial charge on any atom is 0.325 e. The van der Waals surface area contributed by atoms with Crippen molar-refractivity contribution in [3.8, 4) is 12.3 Å². The molecule has 0 fully saturated rings. The summed E-state index contributed by atoms with van der Waals surface area (Å²) in [6.45, 7) is 1.44. The number of carbonyl (C=O) groups excluding carboxylic acids is 1. The van der Waals surface area contributed by atoms with Crippen molar-refractivity contribution in [2.24, 2.45) is 0 Å². The fourth-order valence-corrected chi connectivity index (χ4v) is 0.441. The minimum Gasteiger partial charge on any atom is -0.480 e. The van der Waals surface area contributed by atoms with E-state index in [1.54, 1.807) is 0 Å². The molecule has 0 radical (unpaired) electrons. The molecule has 0 aromatic carbocycles. The van der Waals surface area contributed by atoms with Crippen molar-refractivity contribution >= 4 is 12.0 Å². The van der Waals surface area contributed by atoms with Gasteiger partial charge in [-0.1, -0.05) is 5.92 Å². The Morgan fingerprint density at radius 1 is 1.67 bits per heavy atom. The summed E-state index contributed by atoms with van der Waals surface area (Å²) in [7, 11) is 0. The van der Waals surface area contributed by atoms with Crippen molar-refractivity contribution in [3.63, 3.8) is 0 Å². The Labute approximate surface area is 70.1 Å². The van der Waals surface area contributed by atoms with Gasteiger partial charge in [-0.2, -0.15) is 0 Å². The Morgan fingerprint density at radius 3 is 2.67 bits per heavy atom. The zero-order valence-electron chi connectivity index (χ0n) is 6.63. The molecular weight excluding hydrogens is 160 g/mol. The smallest absolute Gasteiger partial charge is 0.325 e. The lowest BCUT2D eigenvalue weighted by molar-refractivity contribution is -0.138. The number of urea groups is 1. The number of carboxylic acid groups (broad SMARTS) is 1. The van der Waals surface area contributed by atoms with Crippen molar-refractivity contribution < 1.29 is 14.7 Å². The van der Waals surface area contributed by atoms with Crippen molar-refractivity contribution in [2.75, 3.05) is 6.54 Å². The quantitative estimate of drug-likeness (QED) is 0.494. The average molecular weight is 170 g/mol. The van der Waals surface area contributed by atoms with Gasteiger partial charge < -0.3 is 15.7 Å². The molecule has 0 aromatic rings. The molecule has 3 N–H and O–H groups in total. The van der Waals surface area contributed by atoms with Gasteiger partial charge in [-0.15, -0.1) is 6.42 Å². The molecule has 0 aliphatic carbocycles. The first kappa shape index (κ1) is 10.3. The molecule has 0 saturated heterocycles. The summed E-state index contributed by atoms with van der Waals surface area (Å²) in [6, 6.07) is -1.49. The Bertz CT molecular complexity index is 219. The van der Waals surface area contributed by atoms with Gasteiger partial charge >= 0.3 is 12.0 Å². The maximum atomic E-state index is 10.7. The molecule has 1 atom stereocenters. The molecule has 5 nitrogen and oxygen atoms in total. The van der Waals surface area contributed by atoms with Crippen LogP contribution in [0.1, 0.15) is 6.92 Å². The summed E-state index contributed by atoms with van der Waals surface area (Å²) >= 11 is 0. The normalized spacial score (nSPS) is 11.0. The minimum absolute atomic E-state index is 0.0815. The van der Waals surface area contributed by atoms with Gasteiger partial charge in [0.05, 0.1) is 6.54 Å². The molecule has 2 amide bonds. The lowest BCUT2D eigenvalue weighted by Crippen LogP contribution is -2.44. The van der Waals surface area contributed by atoms with Crippen LogP contribution in [0.3, 0.4) is 0 Å². The summed E-state index contributed by atoms with van der Waals surface area (Å²) in [5.74, 6) is 1.09. The van der Waals surface area contributed by atoms with Crippen molar-refractivity contribution in [1.29, 1.82) is 0 Å². The zero-order valence-corrected chi connectivity index (χ0v) is 6.63. The van der Waals surface area contributed by atoms with E-state index in [-0.39, 0.29) is 6.54 Å². The number of terminal acetylenes is 1. The lowest BCUT2D eigenvalue weighted by Gasteiger charge is -2.08. The topological polar surface area (TPSA) is 78.4 Å². The van der Waals surface area contributed by atoms with E-state index in [0.717, 1.165) is 0 Å². The predicted molar refractivity (Wildman–Crippen MR) is 42.5 cm³/mol. The highest BCUT2D eigenvalue weighted by molar-refractivity contribution is 5.82. The first-order valence-electron chi connectivity index (χ1n) is 3.28. The number of carboxylic acids is 1. The molecule has 0 unspecified atom stereocenters. The van der Waals surface area contributed by atoms with Crippen molar-refractivity contribution in [3.05, 3.63) is 0 Å². The number of rotatable bonds is 3. The summed E-state index contributed by atoms with van der Waals surface area (Å²) in [5.41, 5.74) is 0. The third kappa shape index (κ3) is 4.17. The third-order valence-corrected chi connectivity index (χ3v) is 1.07. The highest BCUT2D eigenvalue weighted by Gasteiger charge is 2.12. The minimum atomic E-state index is -1.09. The van der Waals surface area contributed by atoms with Crippen LogP contribution >= 0.6 is 0 Å². The van der Waals surface area contributed by atoms with E-state index in [4.69, 9.17) is 11.5 Å². The van der Waals surface area contributed by atoms with E-state index < -0.39 is 18.0 Å². The molecule has 0 spiro atoms. The summed E-state index contributed by atoms with van der Waals surface area (Å²) in [5, 5.41) is 12.8. The Kier molecular flexibility index (Phi) is 4.31. The molecule has 0 rings (SSSR count). The average Bonchev–Trinajstić information content (AvgIpc) is 2.00. The first-order valence-corrected chi connectivity index (χ1v) is 3.28. The van der Waals surface area contributed by atoms with Gasteiger partial charge in [0.15, 0.2) is 0 Å². The van der Waals surface area contributed by atoms with Crippen molar-refractivity contribution in [1.82, 2.24) is 10.6 Å². The lowest BCUT2D eigenvalue weighted by atomic mass is 10.3. The summed E-state index contributed by atoms with van der Waals surface area (Å²) in [6.07, 6.45) is 4.86. The van der Waals surface area contributed by atoms with Crippen LogP contribution in [-0.2, 0) is 4.79 Å². The SMILES string of the molecule is C#CCNC(=O)N[C@@H](C)C(=O)O. The van der Waals surface area contributed by atoms with E-state index in [1.165, 1.54) is 6.92 Å². The Balaban J connectivity index is 3.71. The van der Waals surface area contributed by atoms with E-state index in [9.17, 15) is 9.59 Å². The number of nitrogens with one attached hydrogen (secondary N) is 2. The molecule has 5 heteroatoms. The Morgan fingerprint density at radius 2 is 2.25 bits per heavy atom. The molecule has 0 bridgehead atoms. The molecule has 66 valence electrons. The van der Waals surface area contributed by atoms with Crippen LogP contribution in [0.25, 0.3) is 0 Å². The van der Waals surface area contributed by atoms with Crippen LogP contribution in [-0.4, -0.2) is 29.7 Å². The molecule has 0 saturated carbocycles. The van der Waals surface area contributed by atoms with Gasteiger partial charge in [0.25, 0.3) is 0 Å². The van der Waals surface area contributed by atoms with E-state index in [1.807, 2.05) is 0 Å².